The lowest BCUT2D eigenvalue weighted by molar-refractivity contribution is 0.349. The van der Waals surface area contributed by atoms with E-state index in [2.05, 4.69) is 48.1 Å². The first-order chi connectivity index (χ1) is 9.24. The molecular formula is C14H28N4O. The average molecular weight is 268 g/mol. The SMILES string of the molecule is CCCNC(CCC)Cc1nc(N(CC)CC)no1. The van der Waals surface area contributed by atoms with Gasteiger partial charge < -0.3 is 14.7 Å². The zero-order chi connectivity index (χ0) is 14.1. The molecule has 5 heteroatoms. The first kappa shape index (κ1) is 16.0. The van der Waals surface area contributed by atoms with Crippen molar-refractivity contribution in [1.82, 2.24) is 15.5 Å². The Hall–Kier alpha value is -1.10. The molecule has 19 heavy (non-hydrogen) atoms. The number of nitrogens with zero attached hydrogens (tertiary/aromatic N) is 3. The smallest absolute Gasteiger partial charge is 0.266 e. The van der Waals surface area contributed by atoms with E-state index in [4.69, 9.17) is 4.52 Å². The summed E-state index contributed by atoms with van der Waals surface area (Å²) in [6.45, 7) is 11.4. The van der Waals surface area contributed by atoms with Gasteiger partial charge in [0.25, 0.3) is 5.95 Å². The highest BCUT2D eigenvalue weighted by Gasteiger charge is 2.15. The average Bonchev–Trinajstić information content (AvgIpc) is 2.86. The molecule has 0 saturated heterocycles. The normalized spacial score (nSPS) is 12.6. The molecule has 1 aromatic heterocycles. The Morgan fingerprint density at radius 2 is 1.89 bits per heavy atom. The van der Waals surface area contributed by atoms with Crippen molar-refractivity contribution in [1.29, 1.82) is 0 Å². The van der Waals surface area contributed by atoms with Crippen LogP contribution in [-0.2, 0) is 6.42 Å². The summed E-state index contributed by atoms with van der Waals surface area (Å²) in [7, 11) is 0. The molecule has 0 spiro atoms. The van der Waals surface area contributed by atoms with Crippen molar-refractivity contribution in [3.63, 3.8) is 0 Å². The van der Waals surface area contributed by atoms with Gasteiger partial charge in [-0.15, -0.1) is 0 Å². The fraction of sp³-hybridized carbons (Fsp3) is 0.857. The maximum absolute atomic E-state index is 5.36. The molecule has 0 aliphatic rings. The summed E-state index contributed by atoms with van der Waals surface area (Å²) in [5.74, 6) is 1.45. The van der Waals surface area contributed by atoms with Crippen molar-refractivity contribution in [3.05, 3.63) is 5.89 Å². The first-order valence-corrected chi connectivity index (χ1v) is 7.55. The fourth-order valence-corrected chi connectivity index (χ4v) is 2.15. The third kappa shape index (κ3) is 5.19. The molecule has 0 aliphatic carbocycles. The van der Waals surface area contributed by atoms with E-state index in [1.54, 1.807) is 0 Å². The molecule has 1 N–H and O–H groups in total. The summed E-state index contributed by atoms with van der Waals surface area (Å²) in [5.41, 5.74) is 0. The Balaban J connectivity index is 2.58. The van der Waals surface area contributed by atoms with Gasteiger partial charge in [0.15, 0.2) is 0 Å². The van der Waals surface area contributed by atoms with Crippen molar-refractivity contribution in [2.45, 2.75) is 59.4 Å². The summed E-state index contributed by atoms with van der Waals surface area (Å²) < 4.78 is 5.36. The van der Waals surface area contributed by atoms with Crippen LogP contribution in [0.3, 0.4) is 0 Å². The Bertz CT molecular complexity index is 336. The van der Waals surface area contributed by atoms with E-state index in [1.807, 2.05) is 0 Å². The van der Waals surface area contributed by atoms with E-state index in [-0.39, 0.29) is 0 Å². The van der Waals surface area contributed by atoms with Gasteiger partial charge in [-0.2, -0.15) is 4.98 Å². The number of nitrogens with one attached hydrogen (secondary N) is 1. The quantitative estimate of drug-likeness (QED) is 0.707. The molecule has 0 bridgehead atoms. The van der Waals surface area contributed by atoms with E-state index in [0.29, 0.717) is 12.0 Å². The second-order valence-electron chi connectivity index (χ2n) is 4.80. The van der Waals surface area contributed by atoms with Crippen LogP contribution in [0.15, 0.2) is 4.52 Å². The highest BCUT2D eigenvalue weighted by atomic mass is 16.5. The number of anilines is 1. The summed E-state index contributed by atoms with van der Waals surface area (Å²) >= 11 is 0. The Labute approximate surface area is 116 Å². The van der Waals surface area contributed by atoms with Gasteiger partial charge in [0, 0.05) is 25.6 Å². The maximum atomic E-state index is 5.36. The van der Waals surface area contributed by atoms with Crippen molar-refractivity contribution in [2.75, 3.05) is 24.5 Å². The van der Waals surface area contributed by atoms with Gasteiger partial charge in [0.05, 0.1) is 0 Å². The number of hydrogen-bond donors (Lipinski definition) is 1. The highest BCUT2D eigenvalue weighted by Crippen LogP contribution is 2.12. The molecule has 1 heterocycles. The summed E-state index contributed by atoms with van der Waals surface area (Å²) in [6, 6.07) is 0.440. The van der Waals surface area contributed by atoms with E-state index < -0.39 is 0 Å². The largest absolute Gasteiger partial charge is 0.339 e. The van der Waals surface area contributed by atoms with Crippen molar-refractivity contribution < 1.29 is 4.52 Å². The van der Waals surface area contributed by atoms with E-state index in [1.165, 1.54) is 6.42 Å². The van der Waals surface area contributed by atoms with Crippen LogP contribution in [0.2, 0.25) is 0 Å². The maximum Gasteiger partial charge on any atom is 0.266 e. The van der Waals surface area contributed by atoms with Crippen LogP contribution >= 0.6 is 0 Å². The van der Waals surface area contributed by atoms with Gasteiger partial charge in [-0.3, -0.25) is 0 Å². The van der Waals surface area contributed by atoms with Crippen LogP contribution in [0.5, 0.6) is 0 Å². The number of hydrogen-bond acceptors (Lipinski definition) is 5. The van der Waals surface area contributed by atoms with Crippen LogP contribution in [0.4, 0.5) is 5.95 Å². The van der Waals surface area contributed by atoms with E-state index >= 15 is 0 Å². The molecule has 0 saturated carbocycles. The van der Waals surface area contributed by atoms with Gasteiger partial charge in [0.2, 0.25) is 5.89 Å². The third-order valence-electron chi connectivity index (χ3n) is 3.24. The number of aromatic nitrogens is 2. The first-order valence-electron chi connectivity index (χ1n) is 7.55. The molecule has 1 aromatic rings. The Morgan fingerprint density at radius 3 is 2.47 bits per heavy atom. The minimum absolute atomic E-state index is 0.440. The molecule has 1 rings (SSSR count). The molecule has 0 fully saturated rings. The predicted octanol–water partition coefficient (Wildman–Crippen LogP) is 2.63. The minimum Gasteiger partial charge on any atom is -0.339 e. The molecule has 1 unspecified atom stereocenters. The van der Waals surface area contributed by atoms with Crippen LogP contribution in [0.25, 0.3) is 0 Å². The summed E-state index contributed by atoms with van der Waals surface area (Å²) in [5, 5.41) is 7.61. The van der Waals surface area contributed by atoms with Crippen molar-refractivity contribution >= 4 is 5.95 Å². The lowest BCUT2D eigenvalue weighted by atomic mass is 10.1. The van der Waals surface area contributed by atoms with Gasteiger partial charge in [0.1, 0.15) is 0 Å². The van der Waals surface area contributed by atoms with Gasteiger partial charge in [-0.25, -0.2) is 0 Å². The summed E-state index contributed by atoms with van der Waals surface area (Å²) in [6.07, 6.45) is 4.28. The second kappa shape index (κ2) is 8.91. The molecule has 5 nitrogen and oxygen atoms in total. The molecule has 0 aliphatic heterocycles. The van der Waals surface area contributed by atoms with Crippen molar-refractivity contribution in [2.24, 2.45) is 0 Å². The lowest BCUT2D eigenvalue weighted by Crippen LogP contribution is -2.31. The molecule has 0 aromatic carbocycles. The van der Waals surface area contributed by atoms with Crippen LogP contribution < -0.4 is 10.2 Å². The Morgan fingerprint density at radius 1 is 1.16 bits per heavy atom. The van der Waals surface area contributed by atoms with Crippen molar-refractivity contribution in [3.8, 4) is 0 Å². The monoisotopic (exact) mass is 268 g/mol. The minimum atomic E-state index is 0.440. The molecule has 0 amide bonds. The highest BCUT2D eigenvalue weighted by molar-refractivity contribution is 5.26. The molecular weight excluding hydrogens is 240 g/mol. The standard InChI is InChI=1S/C14H28N4O/c1-5-9-12(15-10-6-2)11-13-16-14(17-19-13)18(7-3)8-4/h12,15H,5-11H2,1-4H3. The Kier molecular flexibility index (Phi) is 7.48. The lowest BCUT2D eigenvalue weighted by Gasteiger charge is -2.16. The molecule has 1 atom stereocenters. The van der Waals surface area contributed by atoms with Crippen LogP contribution in [0, 0.1) is 0 Å². The zero-order valence-corrected chi connectivity index (χ0v) is 12.8. The van der Waals surface area contributed by atoms with E-state index in [0.717, 1.165) is 44.8 Å². The topological polar surface area (TPSA) is 54.2 Å². The fourth-order valence-electron chi connectivity index (χ4n) is 2.15. The molecule has 0 radical (unpaired) electrons. The zero-order valence-electron chi connectivity index (χ0n) is 12.8. The van der Waals surface area contributed by atoms with Gasteiger partial charge in [-0.1, -0.05) is 20.3 Å². The van der Waals surface area contributed by atoms with Crippen LogP contribution in [-0.4, -0.2) is 35.8 Å². The summed E-state index contributed by atoms with van der Waals surface area (Å²) in [4.78, 5) is 6.59. The molecule has 110 valence electrons. The van der Waals surface area contributed by atoms with Crippen LogP contribution in [0.1, 0.15) is 52.8 Å². The number of rotatable bonds is 10. The predicted molar refractivity (Wildman–Crippen MR) is 78.6 cm³/mol. The second-order valence-corrected chi connectivity index (χ2v) is 4.80. The third-order valence-corrected chi connectivity index (χ3v) is 3.24. The van der Waals surface area contributed by atoms with E-state index in [9.17, 15) is 0 Å². The van der Waals surface area contributed by atoms with Gasteiger partial charge >= 0.3 is 0 Å². The van der Waals surface area contributed by atoms with Gasteiger partial charge in [-0.05, 0) is 38.4 Å².